The number of thioether (sulfide) groups is 1. The van der Waals surface area contributed by atoms with Gasteiger partial charge in [0, 0.05) is 23.7 Å². The first-order valence-corrected chi connectivity index (χ1v) is 10.2. The average Bonchev–Trinajstić information content (AvgIpc) is 3.25. The summed E-state index contributed by atoms with van der Waals surface area (Å²) in [5.41, 5.74) is 0.0330. The Labute approximate surface area is 174 Å². The van der Waals surface area contributed by atoms with Crippen molar-refractivity contribution < 1.29 is 23.9 Å². The number of benzene rings is 1. The number of para-hydroxylation sites is 1. The molecule has 0 spiro atoms. The molecule has 9 heteroatoms. The second kappa shape index (κ2) is 8.46. The van der Waals surface area contributed by atoms with Crippen molar-refractivity contribution in [2.24, 2.45) is 0 Å². The summed E-state index contributed by atoms with van der Waals surface area (Å²) in [6.07, 6.45) is 1.87. The smallest absolute Gasteiger partial charge is 0.416 e. The summed E-state index contributed by atoms with van der Waals surface area (Å²) in [6.45, 7) is 7.43. The van der Waals surface area contributed by atoms with Crippen LogP contribution in [0.15, 0.2) is 23.1 Å². The first-order chi connectivity index (χ1) is 13.7. The van der Waals surface area contributed by atoms with Crippen molar-refractivity contribution >= 4 is 35.1 Å². The molecular weight excluding hydrogens is 394 g/mol. The molecule has 8 nitrogen and oxygen atoms in total. The van der Waals surface area contributed by atoms with Crippen LogP contribution in [0.1, 0.15) is 32.8 Å². The predicted molar refractivity (Wildman–Crippen MR) is 111 cm³/mol. The molecule has 2 aliphatic heterocycles. The van der Waals surface area contributed by atoms with Gasteiger partial charge in [-0.3, -0.25) is 19.8 Å². The van der Waals surface area contributed by atoms with Crippen LogP contribution in [0.4, 0.5) is 9.59 Å². The summed E-state index contributed by atoms with van der Waals surface area (Å²) in [4.78, 5) is 38.5. The minimum absolute atomic E-state index is 0.0211. The average molecular weight is 420 g/mol. The molecule has 0 bridgehead atoms. The number of hydrogen-bond donors (Lipinski definition) is 2. The molecule has 2 aliphatic rings. The lowest BCUT2D eigenvalue weighted by Crippen LogP contribution is -2.53. The molecule has 2 fully saturated rings. The molecule has 2 heterocycles. The monoisotopic (exact) mass is 419 g/mol. The quantitative estimate of drug-likeness (QED) is 0.724. The van der Waals surface area contributed by atoms with Crippen molar-refractivity contribution in [2.45, 2.75) is 38.8 Å². The van der Waals surface area contributed by atoms with Gasteiger partial charge in [-0.15, -0.1) is 0 Å². The SMILES string of the molecule is COc1cccc(C=C2SC(=O)NC2=O)c1OC(=O)N(C1CCNC1)C(C)(C)C. The lowest BCUT2D eigenvalue weighted by atomic mass is 10.0. The maximum atomic E-state index is 13.2. The van der Waals surface area contributed by atoms with Crippen LogP contribution in [-0.2, 0) is 4.79 Å². The Bertz CT molecular complexity index is 856. The van der Waals surface area contributed by atoms with E-state index in [1.165, 1.54) is 13.2 Å². The van der Waals surface area contributed by atoms with E-state index in [0.29, 0.717) is 17.9 Å². The van der Waals surface area contributed by atoms with Gasteiger partial charge in [0.2, 0.25) is 0 Å². The van der Waals surface area contributed by atoms with E-state index < -0.39 is 22.8 Å². The van der Waals surface area contributed by atoms with E-state index in [0.717, 1.165) is 24.7 Å². The van der Waals surface area contributed by atoms with E-state index in [4.69, 9.17) is 9.47 Å². The van der Waals surface area contributed by atoms with Gasteiger partial charge in [0.05, 0.1) is 12.0 Å². The zero-order valence-electron chi connectivity index (χ0n) is 16.9. The number of methoxy groups -OCH3 is 1. The summed E-state index contributed by atoms with van der Waals surface area (Å²) < 4.78 is 11.2. The Morgan fingerprint density at radius 2 is 2.07 bits per heavy atom. The highest BCUT2D eigenvalue weighted by molar-refractivity contribution is 8.18. The van der Waals surface area contributed by atoms with E-state index in [9.17, 15) is 14.4 Å². The van der Waals surface area contributed by atoms with Gasteiger partial charge in [0.1, 0.15) is 0 Å². The minimum atomic E-state index is -0.491. The number of carbonyl (C=O) groups excluding carboxylic acids is 3. The van der Waals surface area contributed by atoms with Crippen molar-refractivity contribution in [2.75, 3.05) is 20.2 Å². The van der Waals surface area contributed by atoms with Gasteiger partial charge in [-0.25, -0.2) is 4.79 Å². The molecule has 1 aromatic carbocycles. The fraction of sp³-hybridized carbons (Fsp3) is 0.450. The molecule has 29 heavy (non-hydrogen) atoms. The number of rotatable bonds is 4. The Balaban J connectivity index is 1.95. The summed E-state index contributed by atoms with van der Waals surface area (Å²) in [7, 11) is 1.48. The number of nitrogens with zero attached hydrogens (tertiary/aromatic N) is 1. The van der Waals surface area contributed by atoms with Crippen LogP contribution < -0.4 is 20.1 Å². The first kappa shape index (κ1) is 21.2. The molecule has 1 unspecified atom stereocenters. The van der Waals surface area contributed by atoms with Crippen LogP contribution in [0.2, 0.25) is 0 Å². The zero-order valence-corrected chi connectivity index (χ0v) is 17.7. The van der Waals surface area contributed by atoms with Gasteiger partial charge in [-0.2, -0.15) is 0 Å². The normalized spacial score (nSPS) is 20.7. The van der Waals surface area contributed by atoms with Gasteiger partial charge >= 0.3 is 6.09 Å². The summed E-state index contributed by atoms with van der Waals surface area (Å²) in [6, 6.07) is 5.13. The van der Waals surface area contributed by atoms with Gasteiger partial charge in [-0.05, 0) is 57.6 Å². The van der Waals surface area contributed by atoms with Gasteiger partial charge in [-0.1, -0.05) is 12.1 Å². The summed E-state index contributed by atoms with van der Waals surface area (Å²) >= 11 is 0.802. The Hall–Kier alpha value is -2.52. The van der Waals surface area contributed by atoms with Crippen LogP contribution >= 0.6 is 11.8 Å². The molecule has 3 amide bonds. The molecular formula is C20H25N3O5S. The molecule has 0 aromatic heterocycles. The summed E-state index contributed by atoms with van der Waals surface area (Å²) in [5.74, 6) is 0.0923. The number of amides is 3. The second-order valence-corrected chi connectivity index (χ2v) is 8.80. The van der Waals surface area contributed by atoms with Crippen molar-refractivity contribution in [3.8, 4) is 11.5 Å². The number of imide groups is 1. The third kappa shape index (κ3) is 4.73. The molecule has 2 saturated heterocycles. The van der Waals surface area contributed by atoms with E-state index >= 15 is 0 Å². The molecule has 0 saturated carbocycles. The number of carbonyl (C=O) groups is 3. The summed E-state index contributed by atoms with van der Waals surface area (Å²) in [5, 5.41) is 5.05. The molecule has 156 valence electrons. The Morgan fingerprint density at radius 3 is 2.62 bits per heavy atom. The van der Waals surface area contributed by atoms with Crippen molar-refractivity contribution in [3.05, 3.63) is 28.7 Å². The highest BCUT2D eigenvalue weighted by atomic mass is 32.2. The number of nitrogens with one attached hydrogen (secondary N) is 2. The zero-order chi connectivity index (χ0) is 21.2. The van der Waals surface area contributed by atoms with Crippen molar-refractivity contribution in [1.82, 2.24) is 15.5 Å². The fourth-order valence-corrected chi connectivity index (χ4v) is 4.12. The number of ether oxygens (including phenoxy) is 2. The number of hydrogen-bond acceptors (Lipinski definition) is 7. The first-order valence-electron chi connectivity index (χ1n) is 9.34. The Kier molecular flexibility index (Phi) is 6.18. The van der Waals surface area contributed by atoms with E-state index in [2.05, 4.69) is 10.6 Å². The third-order valence-corrected chi connectivity index (χ3v) is 5.48. The predicted octanol–water partition coefficient (Wildman–Crippen LogP) is 2.98. The van der Waals surface area contributed by atoms with E-state index in [-0.39, 0.29) is 16.7 Å². The lowest BCUT2D eigenvalue weighted by molar-refractivity contribution is -0.115. The minimum Gasteiger partial charge on any atom is -0.493 e. The van der Waals surface area contributed by atoms with Crippen LogP contribution in [0.3, 0.4) is 0 Å². The van der Waals surface area contributed by atoms with E-state index in [1.54, 1.807) is 23.1 Å². The van der Waals surface area contributed by atoms with Crippen LogP contribution in [-0.4, -0.2) is 53.9 Å². The molecule has 0 radical (unpaired) electrons. The maximum absolute atomic E-state index is 13.2. The highest BCUT2D eigenvalue weighted by Crippen LogP contribution is 2.36. The highest BCUT2D eigenvalue weighted by Gasteiger charge is 2.37. The van der Waals surface area contributed by atoms with Crippen molar-refractivity contribution in [3.63, 3.8) is 0 Å². The van der Waals surface area contributed by atoms with Gasteiger partial charge in [0.15, 0.2) is 11.5 Å². The maximum Gasteiger partial charge on any atom is 0.416 e. The Morgan fingerprint density at radius 1 is 1.31 bits per heavy atom. The molecule has 2 N–H and O–H groups in total. The van der Waals surface area contributed by atoms with Crippen molar-refractivity contribution in [1.29, 1.82) is 0 Å². The van der Waals surface area contributed by atoms with Gasteiger partial charge in [0.25, 0.3) is 11.1 Å². The van der Waals surface area contributed by atoms with Gasteiger partial charge < -0.3 is 14.8 Å². The topological polar surface area (TPSA) is 97.0 Å². The van der Waals surface area contributed by atoms with Crippen LogP contribution in [0, 0.1) is 0 Å². The van der Waals surface area contributed by atoms with Crippen LogP contribution in [0.25, 0.3) is 6.08 Å². The van der Waals surface area contributed by atoms with Crippen LogP contribution in [0.5, 0.6) is 11.5 Å². The fourth-order valence-electron chi connectivity index (χ4n) is 3.45. The third-order valence-electron chi connectivity index (χ3n) is 4.67. The second-order valence-electron chi connectivity index (χ2n) is 7.79. The molecule has 3 rings (SSSR count). The lowest BCUT2D eigenvalue weighted by Gasteiger charge is -2.39. The molecule has 1 atom stereocenters. The molecule has 0 aliphatic carbocycles. The van der Waals surface area contributed by atoms with E-state index in [1.807, 2.05) is 20.8 Å². The largest absolute Gasteiger partial charge is 0.493 e. The standard InChI is InChI=1S/C20H25N3O5S/c1-20(2,3)23(13-8-9-21-11-13)19(26)28-16-12(6-5-7-14(16)27-4)10-15-17(24)22-18(25)29-15/h5-7,10,13,21H,8-9,11H2,1-4H3,(H,22,24,25). The molecule has 1 aromatic rings.